The number of carbonyl (C=O) groups is 1. The first-order chi connectivity index (χ1) is 8.24. The SMILES string of the molecule is COc1ccccc1CN1CC(CN)CC1=O. The Morgan fingerprint density at radius 3 is 2.88 bits per heavy atom. The van der Waals surface area contributed by atoms with Crippen LogP contribution in [-0.4, -0.2) is 31.0 Å². The van der Waals surface area contributed by atoms with Crippen molar-refractivity contribution in [3.63, 3.8) is 0 Å². The molecule has 0 spiro atoms. The van der Waals surface area contributed by atoms with Crippen molar-refractivity contribution in [3.8, 4) is 5.75 Å². The van der Waals surface area contributed by atoms with Crippen LogP contribution in [0.3, 0.4) is 0 Å². The smallest absolute Gasteiger partial charge is 0.223 e. The van der Waals surface area contributed by atoms with Gasteiger partial charge in [-0.25, -0.2) is 0 Å². The van der Waals surface area contributed by atoms with E-state index in [2.05, 4.69) is 0 Å². The summed E-state index contributed by atoms with van der Waals surface area (Å²) in [6, 6.07) is 7.79. The number of hydrogen-bond donors (Lipinski definition) is 1. The van der Waals surface area contributed by atoms with Gasteiger partial charge in [-0.2, -0.15) is 0 Å². The van der Waals surface area contributed by atoms with E-state index in [0.717, 1.165) is 17.9 Å². The molecule has 0 saturated carbocycles. The molecule has 1 amide bonds. The van der Waals surface area contributed by atoms with Crippen LogP contribution in [0.25, 0.3) is 0 Å². The van der Waals surface area contributed by atoms with Crippen molar-refractivity contribution < 1.29 is 9.53 Å². The quantitative estimate of drug-likeness (QED) is 0.845. The lowest BCUT2D eigenvalue weighted by atomic mass is 10.1. The van der Waals surface area contributed by atoms with Gasteiger partial charge in [0.25, 0.3) is 0 Å². The summed E-state index contributed by atoms with van der Waals surface area (Å²) in [7, 11) is 1.65. The summed E-state index contributed by atoms with van der Waals surface area (Å²) in [5, 5.41) is 0. The topological polar surface area (TPSA) is 55.6 Å². The maximum atomic E-state index is 11.8. The predicted molar refractivity (Wildman–Crippen MR) is 65.6 cm³/mol. The first-order valence-electron chi connectivity index (χ1n) is 5.84. The Labute approximate surface area is 101 Å². The van der Waals surface area contributed by atoms with Gasteiger partial charge in [0.15, 0.2) is 0 Å². The molecule has 0 aliphatic carbocycles. The minimum absolute atomic E-state index is 0.186. The van der Waals surface area contributed by atoms with E-state index in [1.165, 1.54) is 0 Å². The van der Waals surface area contributed by atoms with Crippen LogP contribution in [0.1, 0.15) is 12.0 Å². The number of ether oxygens (including phenoxy) is 1. The Kier molecular flexibility index (Phi) is 3.64. The van der Waals surface area contributed by atoms with Gasteiger partial charge in [0.05, 0.1) is 7.11 Å². The van der Waals surface area contributed by atoms with Crippen LogP contribution in [0.2, 0.25) is 0 Å². The second kappa shape index (κ2) is 5.19. The van der Waals surface area contributed by atoms with E-state index in [0.29, 0.717) is 25.4 Å². The van der Waals surface area contributed by atoms with E-state index >= 15 is 0 Å². The van der Waals surface area contributed by atoms with Crippen LogP contribution in [-0.2, 0) is 11.3 Å². The standard InChI is InChI=1S/C13H18N2O2/c1-17-12-5-3-2-4-11(12)9-15-8-10(7-14)6-13(15)16/h2-5,10H,6-9,14H2,1H3. The number of methoxy groups -OCH3 is 1. The van der Waals surface area contributed by atoms with Gasteiger partial charge >= 0.3 is 0 Å². The number of nitrogens with zero attached hydrogens (tertiary/aromatic N) is 1. The molecule has 1 saturated heterocycles. The van der Waals surface area contributed by atoms with Gasteiger partial charge in [-0.3, -0.25) is 4.79 Å². The number of carbonyl (C=O) groups excluding carboxylic acids is 1. The lowest BCUT2D eigenvalue weighted by Crippen LogP contribution is -2.25. The fourth-order valence-corrected chi connectivity index (χ4v) is 2.20. The van der Waals surface area contributed by atoms with E-state index in [1.807, 2.05) is 29.2 Å². The highest BCUT2D eigenvalue weighted by molar-refractivity contribution is 5.78. The summed E-state index contributed by atoms with van der Waals surface area (Å²) in [6.07, 6.45) is 0.575. The van der Waals surface area contributed by atoms with E-state index in [-0.39, 0.29) is 5.91 Å². The molecule has 1 atom stereocenters. The minimum Gasteiger partial charge on any atom is -0.496 e. The van der Waals surface area contributed by atoms with Crippen LogP contribution in [0.5, 0.6) is 5.75 Å². The van der Waals surface area contributed by atoms with Crippen molar-refractivity contribution in [2.24, 2.45) is 11.7 Å². The third-order valence-electron chi connectivity index (χ3n) is 3.18. The minimum atomic E-state index is 0.186. The maximum Gasteiger partial charge on any atom is 0.223 e. The van der Waals surface area contributed by atoms with E-state index < -0.39 is 0 Å². The molecule has 1 unspecified atom stereocenters. The van der Waals surface area contributed by atoms with Crippen molar-refractivity contribution in [2.75, 3.05) is 20.2 Å². The molecule has 1 aliphatic rings. The van der Waals surface area contributed by atoms with Crippen molar-refractivity contribution in [2.45, 2.75) is 13.0 Å². The van der Waals surface area contributed by atoms with Crippen molar-refractivity contribution >= 4 is 5.91 Å². The fraction of sp³-hybridized carbons (Fsp3) is 0.462. The summed E-state index contributed by atoms with van der Waals surface area (Å²) in [5.41, 5.74) is 6.65. The molecule has 4 heteroatoms. The van der Waals surface area contributed by atoms with Gasteiger partial charge < -0.3 is 15.4 Å². The van der Waals surface area contributed by atoms with Gasteiger partial charge in [0.2, 0.25) is 5.91 Å². The highest BCUT2D eigenvalue weighted by Crippen LogP contribution is 2.23. The molecule has 1 fully saturated rings. The van der Waals surface area contributed by atoms with Crippen molar-refractivity contribution in [1.29, 1.82) is 0 Å². The summed E-state index contributed by atoms with van der Waals surface area (Å²) in [4.78, 5) is 13.6. The molecular weight excluding hydrogens is 216 g/mol. The van der Waals surface area contributed by atoms with Crippen LogP contribution >= 0.6 is 0 Å². The lowest BCUT2D eigenvalue weighted by molar-refractivity contribution is -0.128. The first kappa shape index (κ1) is 11.9. The van der Waals surface area contributed by atoms with E-state index in [9.17, 15) is 4.79 Å². The molecule has 2 N–H and O–H groups in total. The van der Waals surface area contributed by atoms with Gasteiger partial charge in [-0.15, -0.1) is 0 Å². The summed E-state index contributed by atoms with van der Waals surface area (Å²) >= 11 is 0. The van der Waals surface area contributed by atoms with Crippen LogP contribution in [0.15, 0.2) is 24.3 Å². The van der Waals surface area contributed by atoms with Crippen LogP contribution in [0, 0.1) is 5.92 Å². The number of hydrogen-bond acceptors (Lipinski definition) is 3. The number of likely N-dealkylation sites (tertiary alicyclic amines) is 1. The third kappa shape index (κ3) is 2.58. The summed E-state index contributed by atoms with van der Waals surface area (Å²) in [5.74, 6) is 1.32. The zero-order valence-electron chi connectivity index (χ0n) is 10.1. The number of benzene rings is 1. The molecule has 4 nitrogen and oxygen atoms in total. The summed E-state index contributed by atoms with van der Waals surface area (Å²) < 4.78 is 5.28. The second-order valence-corrected chi connectivity index (χ2v) is 4.39. The Hall–Kier alpha value is -1.55. The zero-order chi connectivity index (χ0) is 12.3. The van der Waals surface area contributed by atoms with Crippen molar-refractivity contribution in [3.05, 3.63) is 29.8 Å². The molecule has 0 aromatic heterocycles. The second-order valence-electron chi connectivity index (χ2n) is 4.39. The number of amides is 1. The predicted octanol–water partition coefficient (Wildman–Crippen LogP) is 1.00. The largest absolute Gasteiger partial charge is 0.496 e. The number of rotatable bonds is 4. The Morgan fingerprint density at radius 1 is 1.47 bits per heavy atom. The first-order valence-corrected chi connectivity index (χ1v) is 5.84. The van der Waals surface area contributed by atoms with Gasteiger partial charge in [0.1, 0.15) is 5.75 Å². The average molecular weight is 234 g/mol. The van der Waals surface area contributed by atoms with Gasteiger partial charge in [-0.1, -0.05) is 18.2 Å². The summed E-state index contributed by atoms with van der Waals surface area (Å²) in [6.45, 7) is 1.95. The molecule has 17 heavy (non-hydrogen) atoms. The molecule has 92 valence electrons. The fourth-order valence-electron chi connectivity index (χ4n) is 2.20. The monoisotopic (exact) mass is 234 g/mol. The molecular formula is C13H18N2O2. The Bertz CT molecular complexity index is 406. The highest BCUT2D eigenvalue weighted by Gasteiger charge is 2.28. The number of nitrogens with two attached hydrogens (primary N) is 1. The van der Waals surface area contributed by atoms with E-state index in [4.69, 9.17) is 10.5 Å². The van der Waals surface area contributed by atoms with E-state index in [1.54, 1.807) is 7.11 Å². The Morgan fingerprint density at radius 2 is 2.24 bits per heavy atom. The molecule has 2 rings (SSSR count). The Balaban J connectivity index is 2.08. The van der Waals surface area contributed by atoms with Crippen LogP contribution in [0.4, 0.5) is 0 Å². The zero-order valence-corrected chi connectivity index (χ0v) is 10.1. The average Bonchev–Trinajstić information content (AvgIpc) is 2.71. The third-order valence-corrected chi connectivity index (χ3v) is 3.18. The normalized spacial score (nSPS) is 19.8. The molecule has 0 radical (unpaired) electrons. The molecule has 1 aromatic carbocycles. The molecule has 1 aromatic rings. The van der Waals surface area contributed by atoms with Crippen molar-refractivity contribution in [1.82, 2.24) is 4.90 Å². The number of para-hydroxylation sites is 1. The maximum absolute atomic E-state index is 11.8. The van der Waals surface area contributed by atoms with Gasteiger partial charge in [-0.05, 0) is 18.5 Å². The van der Waals surface area contributed by atoms with Gasteiger partial charge in [0, 0.05) is 25.1 Å². The molecule has 1 aliphatic heterocycles. The lowest BCUT2D eigenvalue weighted by Gasteiger charge is -2.18. The molecule has 0 bridgehead atoms. The highest BCUT2D eigenvalue weighted by atomic mass is 16.5. The molecule has 1 heterocycles. The van der Waals surface area contributed by atoms with Crippen LogP contribution < -0.4 is 10.5 Å².